The summed E-state index contributed by atoms with van der Waals surface area (Å²) in [6.07, 6.45) is -3.72. The second-order valence-electron chi connectivity index (χ2n) is 3.96. The second-order valence-corrected chi connectivity index (χ2v) is 3.96. The molecule has 90 valence electrons. The zero-order chi connectivity index (χ0) is 11.8. The summed E-state index contributed by atoms with van der Waals surface area (Å²) in [4.78, 5) is 3.55. The van der Waals surface area contributed by atoms with Gasteiger partial charge in [0.05, 0.1) is 0 Å². The molecule has 0 unspecified atom stereocenters. The highest BCUT2D eigenvalue weighted by Gasteiger charge is 2.38. The highest BCUT2D eigenvalue weighted by Crippen LogP contribution is 2.32. The first-order valence-electron chi connectivity index (χ1n) is 5.27. The van der Waals surface area contributed by atoms with Crippen LogP contribution in [0.4, 0.5) is 13.2 Å². The molecule has 6 heteroatoms. The summed E-state index contributed by atoms with van der Waals surface area (Å²) in [5, 5.41) is 3.06. The number of nitrogens with one attached hydrogen (secondary N) is 1. The third-order valence-corrected chi connectivity index (χ3v) is 2.66. The van der Waals surface area contributed by atoms with Crippen molar-refractivity contribution in [2.24, 2.45) is 5.92 Å². The SMILES string of the molecule is CCc1oc(CC2CNC2)nc1C(F)(F)F. The first-order chi connectivity index (χ1) is 7.50. The number of hydrogen-bond donors (Lipinski definition) is 1. The Morgan fingerprint density at radius 3 is 2.50 bits per heavy atom. The molecule has 1 saturated heterocycles. The summed E-state index contributed by atoms with van der Waals surface area (Å²) in [6, 6.07) is 0. The summed E-state index contributed by atoms with van der Waals surface area (Å²) in [5.41, 5.74) is -0.864. The molecule has 1 fully saturated rings. The van der Waals surface area contributed by atoms with E-state index in [1.54, 1.807) is 6.92 Å². The van der Waals surface area contributed by atoms with Gasteiger partial charge < -0.3 is 9.73 Å². The van der Waals surface area contributed by atoms with Gasteiger partial charge in [-0.25, -0.2) is 4.98 Å². The van der Waals surface area contributed by atoms with Crippen LogP contribution in [0.3, 0.4) is 0 Å². The summed E-state index contributed by atoms with van der Waals surface area (Å²) < 4.78 is 42.8. The first-order valence-corrected chi connectivity index (χ1v) is 5.27. The molecule has 0 atom stereocenters. The Labute approximate surface area is 91.0 Å². The van der Waals surface area contributed by atoms with E-state index < -0.39 is 11.9 Å². The molecule has 2 heterocycles. The first kappa shape index (κ1) is 11.4. The van der Waals surface area contributed by atoms with Crippen molar-refractivity contribution in [2.45, 2.75) is 25.9 Å². The molecular formula is C10H13F3N2O. The molecule has 1 aliphatic rings. The average molecular weight is 234 g/mol. The third-order valence-electron chi connectivity index (χ3n) is 2.66. The van der Waals surface area contributed by atoms with Crippen molar-refractivity contribution in [3.05, 3.63) is 17.3 Å². The maximum absolute atomic E-state index is 12.5. The Balaban J connectivity index is 2.17. The second kappa shape index (κ2) is 4.08. The zero-order valence-electron chi connectivity index (χ0n) is 8.90. The smallest absolute Gasteiger partial charge is 0.436 e. The van der Waals surface area contributed by atoms with Gasteiger partial charge in [0, 0.05) is 12.8 Å². The van der Waals surface area contributed by atoms with Gasteiger partial charge in [0.25, 0.3) is 0 Å². The van der Waals surface area contributed by atoms with E-state index >= 15 is 0 Å². The minimum absolute atomic E-state index is 0.0604. The van der Waals surface area contributed by atoms with Crippen molar-refractivity contribution in [1.29, 1.82) is 0 Å². The molecule has 1 aliphatic heterocycles. The lowest BCUT2D eigenvalue weighted by Gasteiger charge is -2.25. The average Bonchev–Trinajstić information content (AvgIpc) is 2.54. The van der Waals surface area contributed by atoms with Crippen LogP contribution in [0, 0.1) is 5.92 Å². The fraction of sp³-hybridized carbons (Fsp3) is 0.700. The van der Waals surface area contributed by atoms with Gasteiger partial charge in [-0.05, 0) is 19.0 Å². The van der Waals surface area contributed by atoms with Gasteiger partial charge in [-0.2, -0.15) is 13.2 Å². The monoisotopic (exact) mass is 234 g/mol. The van der Waals surface area contributed by atoms with Crippen LogP contribution in [-0.4, -0.2) is 18.1 Å². The standard InChI is InChI=1S/C10H13F3N2O/c1-2-7-9(10(11,12)13)15-8(16-7)3-6-4-14-5-6/h6,14H,2-5H2,1H3. The largest absolute Gasteiger partial charge is 0.445 e. The van der Waals surface area contributed by atoms with Crippen molar-refractivity contribution in [2.75, 3.05) is 13.1 Å². The van der Waals surface area contributed by atoms with Crippen LogP contribution in [0.25, 0.3) is 0 Å². The van der Waals surface area contributed by atoms with E-state index in [1.165, 1.54) is 0 Å². The van der Waals surface area contributed by atoms with E-state index in [9.17, 15) is 13.2 Å². The van der Waals surface area contributed by atoms with Crippen LogP contribution in [0.1, 0.15) is 24.3 Å². The molecule has 0 spiro atoms. The third kappa shape index (κ3) is 2.21. The van der Waals surface area contributed by atoms with Gasteiger partial charge in [-0.15, -0.1) is 0 Å². The number of hydrogen-bond acceptors (Lipinski definition) is 3. The molecule has 2 rings (SSSR count). The summed E-state index contributed by atoms with van der Waals surface area (Å²) >= 11 is 0. The fourth-order valence-electron chi connectivity index (χ4n) is 1.69. The van der Waals surface area contributed by atoms with Gasteiger partial charge in [-0.3, -0.25) is 0 Å². The number of halogens is 3. The van der Waals surface area contributed by atoms with Crippen LogP contribution in [-0.2, 0) is 19.0 Å². The van der Waals surface area contributed by atoms with E-state index in [2.05, 4.69) is 10.3 Å². The Kier molecular flexibility index (Phi) is 2.92. The molecule has 1 aromatic rings. The predicted octanol–water partition coefficient (Wildman–Crippen LogP) is 2.02. The lowest BCUT2D eigenvalue weighted by Crippen LogP contribution is -2.43. The van der Waals surface area contributed by atoms with Gasteiger partial charge in [0.15, 0.2) is 11.6 Å². The quantitative estimate of drug-likeness (QED) is 0.869. The lowest BCUT2D eigenvalue weighted by atomic mass is 10.00. The molecule has 3 nitrogen and oxygen atoms in total. The zero-order valence-corrected chi connectivity index (χ0v) is 8.90. The van der Waals surface area contributed by atoms with E-state index in [4.69, 9.17) is 4.42 Å². The number of aromatic nitrogens is 1. The molecule has 0 bridgehead atoms. The van der Waals surface area contributed by atoms with Crippen molar-refractivity contribution in [3.8, 4) is 0 Å². The van der Waals surface area contributed by atoms with Crippen LogP contribution < -0.4 is 5.32 Å². The predicted molar refractivity (Wildman–Crippen MR) is 50.9 cm³/mol. The minimum Gasteiger partial charge on any atom is -0.445 e. The molecule has 0 saturated carbocycles. The van der Waals surface area contributed by atoms with Crippen LogP contribution in [0.2, 0.25) is 0 Å². The highest BCUT2D eigenvalue weighted by atomic mass is 19.4. The van der Waals surface area contributed by atoms with Gasteiger partial charge in [0.1, 0.15) is 5.76 Å². The number of oxazole rings is 1. The molecule has 1 aromatic heterocycles. The van der Waals surface area contributed by atoms with Crippen LogP contribution in [0.15, 0.2) is 4.42 Å². The van der Waals surface area contributed by atoms with Gasteiger partial charge in [0.2, 0.25) is 0 Å². The summed E-state index contributed by atoms with van der Waals surface area (Å²) in [5.74, 6) is 0.495. The van der Waals surface area contributed by atoms with E-state index in [1.807, 2.05) is 0 Å². The van der Waals surface area contributed by atoms with Crippen LogP contribution in [0.5, 0.6) is 0 Å². The van der Waals surface area contributed by atoms with Crippen molar-refractivity contribution < 1.29 is 17.6 Å². The van der Waals surface area contributed by atoms with Gasteiger partial charge >= 0.3 is 6.18 Å². The molecule has 1 N–H and O–H groups in total. The molecule has 16 heavy (non-hydrogen) atoms. The Morgan fingerprint density at radius 1 is 1.44 bits per heavy atom. The number of aryl methyl sites for hydroxylation is 1. The molecule has 0 radical (unpaired) electrons. The summed E-state index contributed by atoms with van der Waals surface area (Å²) in [7, 11) is 0. The summed E-state index contributed by atoms with van der Waals surface area (Å²) in [6.45, 7) is 3.28. The fourth-order valence-corrected chi connectivity index (χ4v) is 1.69. The lowest BCUT2D eigenvalue weighted by molar-refractivity contribution is -0.141. The van der Waals surface area contributed by atoms with E-state index in [0.29, 0.717) is 12.3 Å². The van der Waals surface area contributed by atoms with Gasteiger partial charge in [-0.1, -0.05) is 6.92 Å². The van der Waals surface area contributed by atoms with E-state index in [-0.39, 0.29) is 18.1 Å². The Bertz CT molecular complexity index is 369. The van der Waals surface area contributed by atoms with Crippen molar-refractivity contribution in [3.63, 3.8) is 0 Å². The van der Waals surface area contributed by atoms with Crippen molar-refractivity contribution >= 4 is 0 Å². The normalized spacial score (nSPS) is 17.5. The highest BCUT2D eigenvalue weighted by molar-refractivity contribution is 5.14. The molecule has 0 aromatic carbocycles. The molecular weight excluding hydrogens is 221 g/mol. The maximum atomic E-state index is 12.5. The number of nitrogens with zero attached hydrogens (tertiary/aromatic N) is 1. The van der Waals surface area contributed by atoms with Crippen molar-refractivity contribution in [1.82, 2.24) is 10.3 Å². The maximum Gasteiger partial charge on any atom is 0.436 e. The molecule has 0 amide bonds. The minimum atomic E-state index is -4.41. The van der Waals surface area contributed by atoms with E-state index in [0.717, 1.165) is 13.1 Å². The Hall–Kier alpha value is -1.04. The number of rotatable bonds is 3. The molecule has 0 aliphatic carbocycles. The van der Waals surface area contributed by atoms with Crippen LogP contribution >= 0.6 is 0 Å². The topological polar surface area (TPSA) is 38.1 Å². The Morgan fingerprint density at radius 2 is 2.12 bits per heavy atom. The number of alkyl halides is 3.